The Balaban J connectivity index is 1.97. The van der Waals surface area contributed by atoms with Crippen molar-refractivity contribution in [1.82, 2.24) is 0 Å². The number of carbonyl (C=O) groups excluding carboxylic acids is 1. The van der Waals surface area contributed by atoms with E-state index >= 15 is 0 Å². The Morgan fingerprint density at radius 3 is 2.05 bits per heavy atom. The van der Waals surface area contributed by atoms with E-state index < -0.39 is 5.60 Å². The largest absolute Gasteiger partial charge is 0.444 e. The van der Waals surface area contributed by atoms with Crippen molar-refractivity contribution in [3.05, 3.63) is 22.5 Å². The maximum Gasteiger partial charge on any atom is 0.412 e. The average molecular weight is 289 g/mol. The second kappa shape index (κ2) is 5.00. The minimum atomic E-state index is -0.462. The third kappa shape index (κ3) is 2.63. The van der Waals surface area contributed by atoms with Crippen LogP contribution in [0.4, 0.5) is 10.5 Å². The summed E-state index contributed by atoms with van der Waals surface area (Å²) in [7, 11) is 2.17. The van der Waals surface area contributed by atoms with Gasteiger partial charge in [-0.2, -0.15) is 0 Å². The van der Waals surface area contributed by atoms with Crippen molar-refractivity contribution in [2.24, 2.45) is 7.05 Å². The van der Waals surface area contributed by atoms with Crippen LogP contribution in [0, 0.1) is 0 Å². The van der Waals surface area contributed by atoms with Gasteiger partial charge in [-0.15, -0.1) is 0 Å². The highest BCUT2D eigenvalue weighted by Crippen LogP contribution is 2.35. The van der Waals surface area contributed by atoms with Crippen LogP contribution < -0.4 is 9.88 Å². The summed E-state index contributed by atoms with van der Waals surface area (Å²) >= 11 is 0. The van der Waals surface area contributed by atoms with E-state index in [1.165, 1.54) is 35.4 Å². The Kier molecular flexibility index (Phi) is 3.42. The molecule has 1 aromatic heterocycles. The summed E-state index contributed by atoms with van der Waals surface area (Å²) in [5.74, 6) is 0. The molecular formula is C17H25N2O2+. The number of carbonyl (C=O) groups is 1. The molecule has 1 amide bonds. The standard InChI is InChI=1S/C17H24N2O2/c1-17(2,3)21-16(20)18-15-11-7-5-9-13(11)19(4)14-10-6-8-12(14)15/h5-10H2,1-4H3/p+1. The molecule has 21 heavy (non-hydrogen) atoms. The number of aromatic nitrogens is 1. The summed E-state index contributed by atoms with van der Waals surface area (Å²) in [4.78, 5) is 12.2. The molecule has 0 radical (unpaired) electrons. The molecular weight excluding hydrogens is 264 g/mol. The molecule has 0 aromatic carbocycles. The summed E-state index contributed by atoms with van der Waals surface area (Å²) in [5.41, 5.74) is 6.01. The van der Waals surface area contributed by atoms with Gasteiger partial charge in [0.05, 0.1) is 5.69 Å². The first-order valence-electron chi connectivity index (χ1n) is 7.92. The summed E-state index contributed by atoms with van der Waals surface area (Å²) in [6.45, 7) is 5.69. The number of amides is 1. The smallest absolute Gasteiger partial charge is 0.412 e. The van der Waals surface area contributed by atoms with Gasteiger partial charge in [0.1, 0.15) is 12.6 Å². The Labute approximate surface area is 126 Å². The van der Waals surface area contributed by atoms with Crippen LogP contribution in [0.3, 0.4) is 0 Å². The van der Waals surface area contributed by atoms with E-state index in [1.807, 2.05) is 20.8 Å². The Bertz CT molecular complexity index is 565. The molecule has 4 heteroatoms. The summed E-state index contributed by atoms with van der Waals surface area (Å²) < 4.78 is 7.80. The first-order chi connectivity index (χ1) is 9.87. The summed E-state index contributed by atoms with van der Waals surface area (Å²) in [6, 6.07) is 0. The van der Waals surface area contributed by atoms with Gasteiger partial charge in [0.2, 0.25) is 0 Å². The lowest BCUT2D eigenvalue weighted by Gasteiger charge is -2.21. The first kappa shape index (κ1) is 14.4. The lowest BCUT2D eigenvalue weighted by molar-refractivity contribution is -0.686. The predicted molar refractivity (Wildman–Crippen MR) is 81.5 cm³/mol. The van der Waals surface area contributed by atoms with Crippen molar-refractivity contribution in [2.75, 3.05) is 5.32 Å². The van der Waals surface area contributed by atoms with Crippen LogP contribution in [0.25, 0.3) is 0 Å². The van der Waals surface area contributed by atoms with Gasteiger partial charge in [0, 0.05) is 24.0 Å². The number of hydrogen-bond donors (Lipinski definition) is 1. The quantitative estimate of drug-likeness (QED) is 0.808. The fourth-order valence-corrected chi connectivity index (χ4v) is 3.64. The minimum Gasteiger partial charge on any atom is -0.444 e. The van der Waals surface area contributed by atoms with Gasteiger partial charge in [-0.05, 0) is 46.5 Å². The number of hydrogen-bond acceptors (Lipinski definition) is 2. The number of fused-ring (bicyclic) bond motifs is 2. The maximum absolute atomic E-state index is 12.2. The zero-order valence-electron chi connectivity index (χ0n) is 13.5. The highest BCUT2D eigenvalue weighted by atomic mass is 16.6. The van der Waals surface area contributed by atoms with Gasteiger partial charge in [0.25, 0.3) is 0 Å². The van der Waals surface area contributed by atoms with Crippen LogP contribution in [-0.2, 0) is 37.5 Å². The van der Waals surface area contributed by atoms with Crippen molar-refractivity contribution in [2.45, 2.75) is 64.9 Å². The molecule has 3 rings (SSSR count). The van der Waals surface area contributed by atoms with Crippen molar-refractivity contribution in [3.8, 4) is 0 Å². The molecule has 1 N–H and O–H groups in total. The lowest BCUT2D eigenvalue weighted by atomic mass is 10.1. The highest BCUT2D eigenvalue weighted by Gasteiger charge is 2.34. The third-order valence-corrected chi connectivity index (χ3v) is 4.42. The Morgan fingerprint density at radius 1 is 1.05 bits per heavy atom. The molecule has 0 atom stereocenters. The van der Waals surface area contributed by atoms with Crippen molar-refractivity contribution >= 4 is 11.8 Å². The van der Waals surface area contributed by atoms with Crippen LogP contribution in [0.1, 0.15) is 56.1 Å². The number of rotatable bonds is 1. The number of pyridine rings is 1. The van der Waals surface area contributed by atoms with Crippen molar-refractivity contribution in [3.63, 3.8) is 0 Å². The number of nitrogens with zero attached hydrogens (tertiary/aromatic N) is 1. The van der Waals surface area contributed by atoms with Crippen LogP contribution in [0.2, 0.25) is 0 Å². The second-order valence-corrected chi connectivity index (χ2v) is 7.12. The van der Waals surface area contributed by atoms with Gasteiger partial charge in [-0.3, -0.25) is 5.32 Å². The van der Waals surface area contributed by atoms with Gasteiger partial charge in [-0.25, -0.2) is 9.36 Å². The van der Waals surface area contributed by atoms with E-state index in [4.69, 9.17) is 4.74 Å². The Hall–Kier alpha value is -1.58. The fourth-order valence-electron chi connectivity index (χ4n) is 3.64. The zero-order chi connectivity index (χ0) is 15.2. The molecule has 0 bridgehead atoms. The molecule has 1 aromatic rings. The van der Waals surface area contributed by atoms with Crippen LogP contribution in [0.5, 0.6) is 0 Å². The normalized spacial score (nSPS) is 16.6. The van der Waals surface area contributed by atoms with Crippen molar-refractivity contribution < 1.29 is 14.1 Å². The lowest BCUT2D eigenvalue weighted by Crippen LogP contribution is -2.39. The minimum absolute atomic E-state index is 0.334. The van der Waals surface area contributed by atoms with E-state index in [0.29, 0.717) is 0 Å². The highest BCUT2D eigenvalue weighted by molar-refractivity contribution is 5.87. The molecule has 0 unspecified atom stereocenters. The first-order valence-corrected chi connectivity index (χ1v) is 7.92. The Morgan fingerprint density at radius 2 is 1.57 bits per heavy atom. The summed E-state index contributed by atoms with van der Waals surface area (Å²) in [5, 5.41) is 3.05. The topological polar surface area (TPSA) is 42.2 Å². The third-order valence-electron chi connectivity index (χ3n) is 4.42. The van der Waals surface area contributed by atoms with E-state index in [0.717, 1.165) is 31.4 Å². The van der Waals surface area contributed by atoms with Crippen LogP contribution in [0.15, 0.2) is 0 Å². The van der Waals surface area contributed by atoms with Gasteiger partial charge in [-0.1, -0.05) is 0 Å². The monoisotopic (exact) mass is 289 g/mol. The molecule has 114 valence electrons. The van der Waals surface area contributed by atoms with Crippen molar-refractivity contribution in [1.29, 1.82) is 0 Å². The molecule has 0 aliphatic heterocycles. The van der Waals surface area contributed by atoms with E-state index in [2.05, 4.69) is 16.9 Å². The van der Waals surface area contributed by atoms with E-state index in [1.54, 1.807) is 0 Å². The van der Waals surface area contributed by atoms with Gasteiger partial charge >= 0.3 is 6.09 Å². The number of ether oxygens (including phenoxy) is 1. The molecule has 2 aliphatic rings. The van der Waals surface area contributed by atoms with Gasteiger partial charge in [0.15, 0.2) is 11.4 Å². The van der Waals surface area contributed by atoms with E-state index in [9.17, 15) is 4.79 Å². The average Bonchev–Trinajstić information content (AvgIpc) is 3.01. The molecule has 0 fully saturated rings. The number of anilines is 1. The molecule has 2 aliphatic carbocycles. The van der Waals surface area contributed by atoms with Gasteiger partial charge < -0.3 is 4.74 Å². The number of nitrogens with one attached hydrogen (secondary N) is 1. The molecule has 0 spiro atoms. The second-order valence-electron chi connectivity index (χ2n) is 7.12. The van der Waals surface area contributed by atoms with E-state index in [-0.39, 0.29) is 6.09 Å². The SMILES string of the molecule is C[n+]1c2c(c(NC(=O)OC(C)(C)C)c3c1CCC3)CCC2. The maximum atomic E-state index is 12.2. The van der Waals surface area contributed by atoms with Crippen LogP contribution in [-0.4, -0.2) is 11.7 Å². The fraction of sp³-hybridized carbons (Fsp3) is 0.647. The zero-order valence-corrected chi connectivity index (χ0v) is 13.5. The van der Waals surface area contributed by atoms with Crippen LogP contribution >= 0.6 is 0 Å². The molecule has 4 nitrogen and oxygen atoms in total. The molecule has 1 heterocycles. The predicted octanol–water partition coefficient (Wildman–Crippen LogP) is 2.84. The molecule has 0 saturated carbocycles. The molecule has 0 saturated heterocycles. The summed E-state index contributed by atoms with van der Waals surface area (Å²) in [6.07, 6.45) is 6.36.